The molecule has 0 fully saturated rings. The molecule has 1 rings (SSSR count). The molecule has 21 heavy (non-hydrogen) atoms. The fourth-order valence-corrected chi connectivity index (χ4v) is 3.06. The number of pyridine rings is 1. The summed E-state index contributed by atoms with van der Waals surface area (Å²) in [5, 5.41) is 2.00. The molecule has 8 heteroatoms. The maximum atomic E-state index is 12.0. The average molecular weight is 426 g/mol. The Kier molecular flexibility index (Phi) is 5.59. The van der Waals surface area contributed by atoms with Gasteiger partial charge in [-0.2, -0.15) is 0 Å². The van der Waals surface area contributed by atoms with E-state index in [4.69, 9.17) is 4.74 Å². The Labute approximate surface area is 138 Å². The van der Waals surface area contributed by atoms with Crippen molar-refractivity contribution < 1.29 is 17.9 Å². The molecule has 1 N–H and O–H groups in total. The molecule has 0 saturated heterocycles. The van der Waals surface area contributed by atoms with Gasteiger partial charge in [0.2, 0.25) is 0 Å². The van der Waals surface area contributed by atoms with Crippen LogP contribution in [0.15, 0.2) is 17.3 Å². The number of halogens is 1. The van der Waals surface area contributed by atoms with Crippen molar-refractivity contribution >= 4 is 44.2 Å². The number of hydrogen-bond donors (Lipinski definition) is 1. The van der Waals surface area contributed by atoms with E-state index in [-0.39, 0.29) is 5.03 Å². The van der Waals surface area contributed by atoms with Crippen molar-refractivity contribution in [2.75, 3.05) is 5.32 Å². The van der Waals surface area contributed by atoms with Crippen molar-refractivity contribution in [1.29, 1.82) is 0 Å². The Balaban J connectivity index is 2.97. The summed E-state index contributed by atoms with van der Waals surface area (Å²) in [5.74, 6) is 0. The van der Waals surface area contributed by atoms with Crippen molar-refractivity contribution in [3.05, 3.63) is 15.8 Å². The van der Waals surface area contributed by atoms with E-state index in [1.54, 1.807) is 34.6 Å². The first-order valence-corrected chi connectivity index (χ1v) is 8.95. The van der Waals surface area contributed by atoms with Crippen LogP contribution in [0.2, 0.25) is 0 Å². The lowest BCUT2D eigenvalue weighted by Gasteiger charge is -2.20. The van der Waals surface area contributed by atoms with E-state index in [1.807, 2.05) is 22.6 Å². The minimum absolute atomic E-state index is 0.00311. The third-order valence-electron chi connectivity index (χ3n) is 2.38. The van der Waals surface area contributed by atoms with E-state index in [1.165, 1.54) is 12.3 Å². The summed E-state index contributed by atoms with van der Waals surface area (Å²) in [7, 11) is -3.43. The summed E-state index contributed by atoms with van der Waals surface area (Å²) in [6.45, 7) is 8.46. The van der Waals surface area contributed by atoms with Crippen LogP contribution in [0.5, 0.6) is 0 Å². The number of nitrogens with zero attached hydrogens (tertiary/aromatic N) is 1. The van der Waals surface area contributed by atoms with Crippen molar-refractivity contribution in [2.24, 2.45) is 0 Å². The third-order valence-corrected chi connectivity index (χ3v) is 5.32. The van der Waals surface area contributed by atoms with Crippen molar-refractivity contribution in [3.8, 4) is 0 Å². The predicted octanol–water partition coefficient (Wildman–Crippen LogP) is 3.22. The zero-order valence-electron chi connectivity index (χ0n) is 12.6. The lowest BCUT2D eigenvalue weighted by Crippen LogP contribution is -2.27. The predicted molar refractivity (Wildman–Crippen MR) is 89.1 cm³/mol. The molecule has 0 aliphatic rings. The molecule has 1 heterocycles. The smallest absolute Gasteiger partial charge is 0.412 e. The zero-order valence-corrected chi connectivity index (χ0v) is 15.6. The topological polar surface area (TPSA) is 85.4 Å². The Morgan fingerprint density at radius 2 is 1.95 bits per heavy atom. The van der Waals surface area contributed by atoms with Gasteiger partial charge in [0.1, 0.15) is 5.60 Å². The van der Waals surface area contributed by atoms with Crippen LogP contribution >= 0.6 is 22.6 Å². The molecule has 1 amide bonds. The Hall–Kier alpha value is -0.900. The number of carbonyl (C=O) groups is 1. The second-order valence-electron chi connectivity index (χ2n) is 5.72. The summed E-state index contributed by atoms with van der Waals surface area (Å²) in [5.41, 5.74) is -0.197. The number of anilines is 1. The van der Waals surface area contributed by atoms with Gasteiger partial charge in [0.05, 0.1) is 17.1 Å². The quantitative estimate of drug-likeness (QED) is 0.751. The van der Waals surface area contributed by atoms with Gasteiger partial charge in [-0.15, -0.1) is 0 Å². The number of ether oxygens (including phenoxy) is 1. The molecular weight excluding hydrogens is 407 g/mol. The van der Waals surface area contributed by atoms with Crippen LogP contribution in [0.25, 0.3) is 0 Å². The molecule has 0 unspecified atom stereocenters. The number of carbonyl (C=O) groups excluding carboxylic acids is 1. The summed E-state index contributed by atoms with van der Waals surface area (Å²) in [6.07, 6.45) is 0.711. The largest absolute Gasteiger partial charge is 0.444 e. The van der Waals surface area contributed by atoms with Gasteiger partial charge >= 0.3 is 6.09 Å². The lowest BCUT2D eigenvalue weighted by molar-refractivity contribution is 0.0635. The molecule has 6 nitrogen and oxygen atoms in total. The Bertz CT molecular complexity index is 636. The van der Waals surface area contributed by atoms with E-state index in [2.05, 4.69) is 10.3 Å². The van der Waals surface area contributed by atoms with Gasteiger partial charge in [-0.3, -0.25) is 5.32 Å². The molecule has 0 aliphatic carbocycles. The van der Waals surface area contributed by atoms with Gasteiger partial charge in [-0.1, -0.05) is 0 Å². The van der Waals surface area contributed by atoms with Gasteiger partial charge in [0, 0.05) is 3.57 Å². The maximum absolute atomic E-state index is 12.0. The summed E-state index contributed by atoms with van der Waals surface area (Å²) >= 11 is 1.95. The second kappa shape index (κ2) is 6.47. The molecule has 0 spiro atoms. The first kappa shape index (κ1) is 18.1. The highest BCUT2D eigenvalue weighted by molar-refractivity contribution is 14.1. The highest BCUT2D eigenvalue weighted by atomic mass is 127. The van der Waals surface area contributed by atoms with Gasteiger partial charge < -0.3 is 4.74 Å². The highest BCUT2D eigenvalue weighted by Crippen LogP contribution is 2.22. The van der Waals surface area contributed by atoms with Crippen LogP contribution < -0.4 is 5.32 Å². The lowest BCUT2D eigenvalue weighted by atomic mass is 10.2. The number of nitrogens with one attached hydrogen (secondary N) is 1. The Morgan fingerprint density at radius 3 is 2.38 bits per heavy atom. The number of rotatable bonds is 3. The highest BCUT2D eigenvalue weighted by Gasteiger charge is 2.22. The standard InChI is InChI=1S/C13H19IN2O4S/c1-8(2)21(18,19)11-6-9(14)10(7-15-11)16-12(17)20-13(3,4)5/h6-8H,1-5H3,(H,16,17). The minimum Gasteiger partial charge on any atom is -0.444 e. The number of sulfone groups is 1. The van der Waals surface area contributed by atoms with E-state index in [0.717, 1.165) is 0 Å². The SMILES string of the molecule is CC(C)S(=O)(=O)c1cc(I)c(NC(=O)OC(C)(C)C)cn1. The zero-order chi connectivity index (χ0) is 16.4. The van der Waals surface area contributed by atoms with Crippen LogP contribution in [0.4, 0.5) is 10.5 Å². The number of hydrogen-bond acceptors (Lipinski definition) is 5. The fraction of sp³-hybridized carbons (Fsp3) is 0.538. The molecule has 118 valence electrons. The van der Waals surface area contributed by atoms with Crippen molar-refractivity contribution in [3.63, 3.8) is 0 Å². The first-order valence-electron chi connectivity index (χ1n) is 6.33. The van der Waals surface area contributed by atoms with Gasteiger partial charge in [-0.05, 0) is 63.3 Å². The van der Waals surface area contributed by atoms with Crippen LogP contribution in [0.1, 0.15) is 34.6 Å². The van der Waals surface area contributed by atoms with Gasteiger partial charge in [0.25, 0.3) is 0 Å². The maximum Gasteiger partial charge on any atom is 0.412 e. The fourth-order valence-electron chi connectivity index (χ4n) is 1.32. The summed E-state index contributed by atoms with van der Waals surface area (Å²) in [4.78, 5) is 15.6. The molecule has 1 aromatic rings. The third kappa shape index (κ3) is 5.10. The molecular formula is C13H19IN2O4S. The van der Waals surface area contributed by atoms with Crippen LogP contribution in [-0.2, 0) is 14.6 Å². The van der Waals surface area contributed by atoms with Crippen LogP contribution in [0.3, 0.4) is 0 Å². The average Bonchev–Trinajstić information content (AvgIpc) is 2.28. The van der Waals surface area contributed by atoms with Crippen molar-refractivity contribution in [1.82, 2.24) is 4.98 Å². The van der Waals surface area contributed by atoms with Crippen LogP contribution in [0, 0.1) is 3.57 Å². The van der Waals surface area contributed by atoms with E-state index in [0.29, 0.717) is 9.26 Å². The minimum atomic E-state index is -3.43. The number of amides is 1. The van der Waals surface area contributed by atoms with E-state index in [9.17, 15) is 13.2 Å². The summed E-state index contributed by atoms with van der Waals surface area (Å²) in [6, 6.07) is 1.43. The second-order valence-corrected chi connectivity index (χ2v) is 9.34. The first-order chi connectivity index (χ1) is 9.43. The van der Waals surface area contributed by atoms with Gasteiger partial charge in [-0.25, -0.2) is 18.2 Å². The molecule has 0 aliphatic heterocycles. The number of aromatic nitrogens is 1. The van der Waals surface area contributed by atoms with E-state index < -0.39 is 26.8 Å². The molecule has 0 atom stereocenters. The Morgan fingerprint density at radius 1 is 1.38 bits per heavy atom. The molecule has 0 bridgehead atoms. The normalized spacial score (nSPS) is 12.3. The van der Waals surface area contributed by atoms with Crippen molar-refractivity contribution in [2.45, 2.75) is 50.5 Å². The molecule has 1 aromatic heterocycles. The monoisotopic (exact) mass is 426 g/mol. The molecule has 0 aromatic carbocycles. The van der Waals surface area contributed by atoms with Gasteiger partial charge in [0.15, 0.2) is 14.9 Å². The van der Waals surface area contributed by atoms with Crippen LogP contribution in [-0.4, -0.2) is 30.3 Å². The summed E-state index contributed by atoms with van der Waals surface area (Å²) < 4.78 is 29.8. The molecule has 0 saturated carbocycles. The molecule has 0 radical (unpaired) electrons. The van der Waals surface area contributed by atoms with E-state index >= 15 is 0 Å².